The second-order valence-electron chi connectivity index (χ2n) is 20.8. The van der Waals surface area contributed by atoms with E-state index in [2.05, 4.69) is 178 Å². The van der Waals surface area contributed by atoms with Crippen LogP contribution in [0.3, 0.4) is 0 Å². The molecule has 0 N–H and O–H groups in total. The summed E-state index contributed by atoms with van der Waals surface area (Å²) >= 11 is -0.826. The minimum atomic E-state index is -0.826. The van der Waals surface area contributed by atoms with E-state index in [9.17, 15) is 0 Å². The number of hydrogen-bond donors (Lipinski definition) is 0. The predicted octanol–water partition coefficient (Wildman–Crippen LogP) is 19.0. The van der Waals surface area contributed by atoms with E-state index in [1.54, 1.807) is 11.1 Å². The van der Waals surface area contributed by atoms with E-state index < -0.39 is 20.8 Å². The molecule has 6 aromatic rings. The van der Waals surface area contributed by atoms with Crippen LogP contribution in [0.2, 0.25) is 13.1 Å². The van der Waals surface area contributed by atoms with Crippen molar-refractivity contribution >= 4 is 48.1 Å². The van der Waals surface area contributed by atoms with Crippen LogP contribution in [0.5, 0.6) is 0 Å². The zero-order valence-electron chi connectivity index (χ0n) is 40.0. The van der Waals surface area contributed by atoms with Crippen molar-refractivity contribution in [2.45, 2.75) is 169 Å². The van der Waals surface area contributed by atoms with E-state index in [-0.39, 0.29) is 10.8 Å². The number of halogens is 2. The fourth-order valence-electron chi connectivity index (χ4n) is 10.8. The maximum absolute atomic E-state index is 4.93. The molecule has 2 saturated carbocycles. The van der Waals surface area contributed by atoms with Gasteiger partial charge in [-0.25, -0.2) is 0 Å². The van der Waals surface area contributed by atoms with Crippen LogP contribution in [-0.2, 0) is 44.5 Å². The molecule has 0 atom stereocenters. The van der Waals surface area contributed by atoms with Crippen molar-refractivity contribution in [1.82, 2.24) is 0 Å². The molecule has 0 heterocycles. The van der Waals surface area contributed by atoms with Crippen LogP contribution in [0.15, 0.2) is 109 Å². The topological polar surface area (TPSA) is 0 Å². The van der Waals surface area contributed by atoms with Gasteiger partial charge in [0.05, 0.1) is 0 Å². The van der Waals surface area contributed by atoms with Gasteiger partial charge in [-0.1, -0.05) is 179 Å². The van der Waals surface area contributed by atoms with Crippen molar-refractivity contribution < 1.29 is 20.8 Å². The van der Waals surface area contributed by atoms with Gasteiger partial charge in [0.1, 0.15) is 0 Å². The molecule has 8 rings (SSSR count). The van der Waals surface area contributed by atoms with E-state index in [4.69, 9.17) is 17.0 Å². The SMILES string of the molecule is CCCC1(Cc2cc3c(-c4ccc(C(C)(C)C)cc4)cccc3[cH-]2)CCCC1.CCCC1(Cc2cc3c(-c4ccc(C(C)(C)C)cc4)cccc3[cH-]2)CCCC1.C[Si]C.[Cl][Zr+2][Cl]. The summed E-state index contributed by atoms with van der Waals surface area (Å²) in [5.74, 6) is 0. The normalized spacial score (nSPS) is 15.5. The molecule has 0 aromatic heterocycles. The summed E-state index contributed by atoms with van der Waals surface area (Å²) in [6.45, 7) is 22.7. The Morgan fingerprint density at radius 2 is 0.871 bits per heavy atom. The van der Waals surface area contributed by atoms with Crippen molar-refractivity contribution in [3.8, 4) is 22.3 Å². The third-order valence-electron chi connectivity index (χ3n) is 13.8. The second kappa shape index (κ2) is 23.3. The van der Waals surface area contributed by atoms with E-state index in [1.165, 1.54) is 145 Å². The maximum atomic E-state index is 4.93. The molecule has 330 valence electrons. The van der Waals surface area contributed by atoms with Gasteiger partial charge in [-0.2, -0.15) is 12.1 Å². The Hall–Kier alpha value is -2.22. The molecule has 0 bridgehead atoms. The average Bonchev–Trinajstić information content (AvgIpc) is 4.06. The quantitative estimate of drug-likeness (QED) is 0.0948. The third-order valence-corrected chi connectivity index (χ3v) is 13.8. The molecular weight excluding hydrogens is 887 g/mol. The van der Waals surface area contributed by atoms with E-state index in [0.29, 0.717) is 10.8 Å². The van der Waals surface area contributed by atoms with Crippen molar-refractivity contribution in [3.05, 3.63) is 131 Å². The van der Waals surface area contributed by atoms with Gasteiger partial charge in [0, 0.05) is 9.52 Å². The molecule has 0 aliphatic heterocycles. The monoisotopic (exact) mass is 960 g/mol. The molecule has 0 unspecified atom stereocenters. The Kier molecular flexibility index (Phi) is 19.1. The molecule has 0 amide bonds. The van der Waals surface area contributed by atoms with Gasteiger partial charge in [0.25, 0.3) is 0 Å². The molecule has 0 saturated heterocycles. The van der Waals surface area contributed by atoms with Crippen molar-refractivity contribution in [2.75, 3.05) is 0 Å². The van der Waals surface area contributed by atoms with Crippen molar-refractivity contribution in [2.24, 2.45) is 10.8 Å². The van der Waals surface area contributed by atoms with E-state index in [0.717, 1.165) is 9.52 Å². The summed E-state index contributed by atoms with van der Waals surface area (Å²) in [4.78, 5) is 0. The van der Waals surface area contributed by atoms with Crippen LogP contribution in [0.4, 0.5) is 0 Å². The standard InChI is InChI=1S/2C28H35.C2H6Si.2ClH.Zr/c2*1-5-15-28(16-6-7-17-28)20-21-18-23-9-8-10-25(26(23)19-21)22-11-13-24(14-12-22)27(2,3)4;1-3-2;;;/h2*8-14,18-19H,5-7,15-17,20H2,1-4H3;1-2H3;2*1H;/q2*-1;;;;+4/p-2. The van der Waals surface area contributed by atoms with Gasteiger partial charge in [0.15, 0.2) is 0 Å². The molecule has 0 spiro atoms. The second-order valence-corrected chi connectivity index (χ2v) is 25.6. The summed E-state index contributed by atoms with van der Waals surface area (Å²) in [5, 5.41) is 5.64. The molecule has 0 nitrogen and oxygen atoms in total. The first-order valence-electron chi connectivity index (χ1n) is 23.8. The van der Waals surface area contributed by atoms with Crippen molar-refractivity contribution in [1.29, 1.82) is 0 Å². The van der Waals surface area contributed by atoms with Gasteiger partial charge < -0.3 is 0 Å². The van der Waals surface area contributed by atoms with Crippen LogP contribution in [0, 0.1) is 10.8 Å². The van der Waals surface area contributed by atoms with Gasteiger partial charge in [-0.05, 0) is 95.3 Å². The first-order chi connectivity index (χ1) is 29.6. The van der Waals surface area contributed by atoms with Crippen LogP contribution in [-0.4, -0.2) is 9.52 Å². The molecule has 2 fully saturated rings. The summed E-state index contributed by atoms with van der Waals surface area (Å²) in [7, 11) is 11.0. The number of fused-ring (bicyclic) bond motifs is 2. The molecule has 2 radical (unpaired) electrons. The van der Waals surface area contributed by atoms with Gasteiger partial charge in [-0.3, -0.25) is 0 Å². The molecular formula is C58H76Cl2SiZr. The fraction of sp³-hybridized carbons (Fsp3) is 0.483. The van der Waals surface area contributed by atoms with Crippen LogP contribution in [0.1, 0.15) is 155 Å². The Labute approximate surface area is 399 Å². The molecule has 62 heavy (non-hydrogen) atoms. The summed E-state index contributed by atoms with van der Waals surface area (Å²) < 4.78 is 0. The number of rotatable bonds is 10. The summed E-state index contributed by atoms with van der Waals surface area (Å²) in [6, 6.07) is 41.9. The van der Waals surface area contributed by atoms with Crippen LogP contribution in [0.25, 0.3) is 43.8 Å². The third kappa shape index (κ3) is 13.4. The fourth-order valence-corrected chi connectivity index (χ4v) is 10.8. The Morgan fingerprint density at radius 1 is 0.548 bits per heavy atom. The zero-order chi connectivity index (χ0) is 45.0. The van der Waals surface area contributed by atoms with Gasteiger partial charge in [-0.15, -0.1) is 69.1 Å². The zero-order valence-corrected chi connectivity index (χ0v) is 45.0. The van der Waals surface area contributed by atoms with E-state index >= 15 is 0 Å². The Bertz CT molecular complexity index is 2070. The molecule has 2 aliphatic carbocycles. The predicted molar refractivity (Wildman–Crippen MR) is 276 cm³/mol. The van der Waals surface area contributed by atoms with Gasteiger partial charge in [0.2, 0.25) is 0 Å². The van der Waals surface area contributed by atoms with Crippen LogP contribution < -0.4 is 0 Å². The number of benzene rings is 4. The Morgan fingerprint density at radius 3 is 1.16 bits per heavy atom. The molecule has 2 aliphatic rings. The molecule has 6 aromatic carbocycles. The first kappa shape index (κ1) is 50.8. The van der Waals surface area contributed by atoms with Crippen LogP contribution >= 0.6 is 17.0 Å². The summed E-state index contributed by atoms with van der Waals surface area (Å²) in [6.07, 6.45) is 19.3. The minimum absolute atomic E-state index is 0.201. The number of hydrogen-bond acceptors (Lipinski definition) is 0. The Balaban J connectivity index is 0.000000208. The van der Waals surface area contributed by atoms with Gasteiger partial charge >= 0.3 is 37.9 Å². The van der Waals surface area contributed by atoms with Crippen molar-refractivity contribution in [3.63, 3.8) is 0 Å². The molecule has 4 heteroatoms. The first-order valence-corrected chi connectivity index (χ1v) is 32.1. The summed E-state index contributed by atoms with van der Waals surface area (Å²) in [5.41, 5.74) is 12.8. The van der Waals surface area contributed by atoms with E-state index in [1.807, 2.05) is 0 Å². The average molecular weight is 963 g/mol.